The molecule has 3 atom stereocenters. The van der Waals surface area contributed by atoms with Crippen molar-refractivity contribution in [3.63, 3.8) is 0 Å². The lowest BCUT2D eigenvalue weighted by Crippen LogP contribution is -2.36. The van der Waals surface area contributed by atoms with E-state index in [4.69, 9.17) is 15.2 Å². The number of rotatable bonds is 5. The van der Waals surface area contributed by atoms with Crippen molar-refractivity contribution < 1.29 is 19.2 Å². The first-order chi connectivity index (χ1) is 11.5. The molecule has 1 aromatic carbocycles. The molecule has 3 rings (SSSR count). The van der Waals surface area contributed by atoms with Gasteiger partial charge in [0.15, 0.2) is 6.61 Å². The van der Waals surface area contributed by atoms with Crippen molar-refractivity contribution >= 4 is 11.6 Å². The quantitative estimate of drug-likeness (QED) is 0.639. The van der Waals surface area contributed by atoms with Crippen LogP contribution in [0.2, 0.25) is 0 Å². The molecular weight excluding hydrogens is 314 g/mol. The topological polar surface area (TPSA) is 108 Å². The zero-order valence-corrected chi connectivity index (χ0v) is 13.5. The van der Waals surface area contributed by atoms with Crippen LogP contribution in [0.25, 0.3) is 0 Å². The van der Waals surface area contributed by atoms with Crippen molar-refractivity contribution in [1.29, 1.82) is 0 Å². The van der Waals surface area contributed by atoms with E-state index in [9.17, 15) is 14.9 Å². The number of amides is 1. The van der Waals surface area contributed by atoms with Crippen LogP contribution in [0.3, 0.4) is 0 Å². The fraction of sp³-hybridized carbons (Fsp3) is 0.562. The normalized spacial score (nSPS) is 25.4. The van der Waals surface area contributed by atoms with E-state index in [1.807, 2.05) is 0 Å². The van der Waals surface area contributed by atoms with Crippen molar-refractivity contribution in [1.82, 2.24) is 4.90 Å². The number of fused-ring (bicyclic) bond motifs is 1. The van der Waals surface area contributed by atoms with Gasteiger partial charge in [0.2, 0.25) is 5.75 Å². The van der Waals surface area contributed by atoms with Gasteiger partial charge in [0.25, 0.3) is 5.91 Å². The molecule has 1 saturated heterocycles. The number of hydrogen-bond donors (Lipinski definition) is 1. The Hall–Kier alpha value is -2.35. The number of benzene rings is 1. The summed E-state index contributed by atoms with van der Waals surface area (Å²) in [5.74, 6) is 1.28. The molecule has 2 fully saturated rings. The maximum absolute atomic E-state index is 12.3. The third kappa shape index (κ3) is 3.14. The smallest absolute Gasteiger partial charge is 0.311 e. The number of carbonyl (C=O) groups excluding carboxylic acids is 1. The largest absolute Gasteiger partial charge is 0.490 e. The van der Waals surface area contributed by atoms with Gasteiger partial charge in [-0.05, 0) is 30.7 Å². The van der Waals surface area contributed by atoms with Gasteiger partial charge in [0.1, 0.15) is 5.75 Å². The Kier molecular flexibility index (Phi) is 4.57. The summed E-state index contributed by atoms with van der Waals surface area (Å²) < 4.78 is 10.5. The highest BCUT2D eigenvalue weighted by Gasteiger charge is 2.42. The van der Waals surface area contributed by atoms with Crippen LogP contribution in [-0.2, 0) is 4.79 Å². The number of hydrogen-bond acceptors (Lipinski definition) is 6. The summed E-state index contributed by atoms with van der Waals surface area (Å²) in [5.41, 5.74) is 5.94. The number of methoxy groups -OCH3 is 1. The van der Waals surface area contributed by atoms with Crippen LogP contribution < -0.4 is 15.2 Å². The molecule has 130 valence electrons. The molecule has 1 heterocycles. The Balaban J connectivity index is 1.58. The SMILES string of the molecule is COc1cc(OCC(=O)N2CC3CCC(N)C3C2)ccc1[N+](=O)[O-]. The zero-order chi connectivity index (χ0) is 17.3. The van der Waals surface area contributed by atoms with Crippen molar-refractivity contribution in [2.75, 3.05) is 26.8 Å². The number of nitro groups is 1. The summed E-state index contributed by atoms with van der Waals surface area (Å²) in [5, 5.41) is 10.9. The molecule has 1 saturated carbocycles. The Morgan fingerprint density at radius 2 is 2.21 bits per heavy atom. The molecule has 8 heteroatoms. The third-order valence-corrected chi connectivity index (χ3v) is 4.98. The number of nitrogens with zero attached hydrogens (tertiary/aromatic N) is 2. The van der Waals surface area contributed by atoms with E-state index < -0.39 is 4.92 Å². The highest BCUT2D eigenvalue weighted by Crippen LogP contribution is 2.37. The zero-order valence-electron chi connectivity index (χ0n) is 13.5. The lowest BCUT2D eigenvalue weighted by Gasteiger charge is -2.19. The molecule has 0 spiro atoms. The van der Waals surface area contributed by atoms with E-state index in [1.165, 1.54) is 25.3 Å². The first kappa shape index (κ1) is 16.5. The second-order valence-electron chi connectivity index (χ2n) is 6.34. The van der Waals surface area contributed by atoms with E-state index >= 15 is 0 Å². The van der Waals surface area contributed by atoms with Crippen molar-refractivity contribution in [3.8, 4) is 11.5 Å². The summed E-state index contributed by atoms with van der Waals surface area (Å²) in [7, 11) is 1.35. The van der Waals surface area contributed by atoms with Crippen LogP contribution in [0.15, 0.2) is 18.2 Å². The number of nitrogens with two attached hydrogens (primary N) is 1. The predicted molar refractivity (Wildman–Crippen MR) is 85.9 cm³/mol. The maximum Gasteiger partial charge on any atom is 0.311 e. The fourth-order valence-corrected chi connectivity index (χ4v) is 3.65. The van der Waals surface area contributed by atoms with Crippen LogP contribution in [0.4, 0.5) is 5.69 Å². The van der Waals surface area contributed by atoms with E-state index in [-0.39, 0.29) is 30.0 Å². The number of nitro benzene ring substituents is 1. The average molecular weight is 335 g/mol. The number of ether oxygens (including phenoxy) is 2. The monoisotopic (exact) mass is 335 g/mol. The Morgan fingerprint density at radius 3 is 2.88 bits per heavy atom. The summed E-state index contributed by atoms with van der Waals surface area (Å²) in [6, 6.07) is 4.37. The molecule has 8 nitrogen and oxygen atoms in total. The van der Waals surface area contributed by atoms with Crippen LogP contribution in [0.5, 0.6) is 11.5 Å². The molecular formula is C16H21N3O5. The summed E-state index contributed by atoms with van der Waals surface area (Å²) in [6.45, 7) is 1.33. The molecule has 0 aromatic heterocycles. The van der Waals surface area contributed by atoms with Gasteiger partial charge in [0, 0.05) is 31.3 Å². The van der Waals surface area contributed by atoms with Gasteiger partial charge in [-0.3, -0.25) is 14.9 Å². The molecule has 1 aliphatic carbocycles. The summed E-state index contributed by atoms with van der Waals surface area (Å²) in [4.78, 5) is 24.4. The van der Waals surface area contributed by atoms with Crippen LogP contribution in [-0.4, -0.2) is 48.6 Å². The van der Waals surface area contributed by atoms with Gasteiger partial charge < -0.3 is 20.1 Å². The van der Waals surface area contributed by atoms with E-state index in [0.717, 1.165) is 19.4 Å². The van der Waals surface area contributed by atoms with E-state index in [1.54, 1.807) is 4.90 Å². The third-order valence-electron chi connectivity index (χ3n) is 4.98. The lowest BCUT2D eigenvalue weighted by atomic mass is 9.98. The summed E-state index contributed by atoms with van der Waals surface area (Å²) >= 11 is 0. The number of likely N-dealkylation sites (tertiary alicyclic amines) is 1. The second kappa shape index (κ2) is 6.64. The second-order valence-corrected chi connectivity index (χ2v) is 6.34. The Labute approximate surface area is 139 Å². The molecule has 1 aliphatic heterocycles. The van der Waals surface area contributed by atoms with Gasteiger partial charge in [0.05, 0.1) is 12.0 Å². The van der Waals surface area contributed by atoms with Crippen LogP contribution in [0, 0.1) is 22.0 Å². The van der Waals surface area contributed by atoms with E-state index in [0.29, 0.717) is 24.1 Å². The molecule has 0 bridgehead atoms. The molecule has 0 radical (unpaired) electrons. The first-order valence-electron chi connectivity index (χ1n) is 7.98. The van der Waals surface area contributed by atoms with Gasteiger partial charge in [-0.15, -0.1) is 0 Å². The molecule has 1 amide bonds. The molecule has 24 heavy (non-hydrogen) atoms. The van der Waals surface area contributed by atoms with E-state index in [2.05, 4.69) is 0 Å². The van der Waals surface area contributed by atoms with Gasteiger partial charge in [-0.2, -0.15) is 0 Å². The first-order valence-corrected chi connectivity index (χ1v) is 7.98. The molecule has 3 unspecified atom stereocenters. The maximum atomic E-state index is 12.3. The van der Waals surface area contributed by atoms with Gasteiger partial charge in [-0.1, -0.05) is 0 Å². The summed E-state index contributed by atoms with van der Waals surface area (Å²) in [6.07, 6.45) is 2.12. The molecule has 2 aliphatic rings. The van der Waals surface area contributed by atoms with Crippen molar-refractivity contribution in [2.45, 2.75) is 18.9 Å². The van der Waals surface area contributed by atoms with Crippen LogP contribution >= 0.6 is 0 Å². The highest BCUT2D eigenvalue weighted by atomic mass is 16.6. The van der Waals surface area contributed by atoms with Gasteiger partial charge >= 0.3 is 5.69 Å². The molecule has 1 aromatic rings. The van der Waals surface area contributed by atoms with Crippen LogP contribution in [0.1, 0.15) is 12.8 Å². The minimum absolute atomic E-state index is 0.0890. The van der Waals surface area contributed by atoms with Crippen molar-refractivity contribution in [2.24, 2.45) is 17.6 Å². The minimum atomic E-state index is -0.528. The van der Waals surface area contributed by atoms with Gasteiger partial charge in [-0.25, -0.2) is 0 Å². The van der Waals surface area contributed by atoms with Crippen molar-refractivity contribution in [3.05, 3.63) is 28.3 Å². The standard InChI is InChI=1S/C16H21N3O5/c1-23-15-6-11(3-5-14(15)19(21)22)24-9-16(20)18-7-10-2-4-13(17)12(10)8-18/h3,5-6,10,12-13H,2,4,7-9,17H2,1H3. The fourth-order valence-electron chi connectivity index (χ4n) is 3.65. The molecule has 2 N–H and O–H groups in total. The lowest BCUT2D eigenvalue weighted by molar-refractivity contribution is -0.385. The highest BCUT2D eigenvalue weighted by molar-refractivity contribution is 5.78. The predicted octanol–water partition coefficient (Wildman–Crippen LogP) is 1.18. The Bertz CT molecular complexity index is 651. The minimum Gasteiger partial charge on any atom is -0.490 e. The number of carbonyl (C=O) groups is 1. The average Bonchev–Trinajstić information content (AvgIpc) is 3.14. The Morgan fingerprint density at radius 1 is 1.42 bits per heavy atom.